The molecule has 0 saturated carbocycles. The zero-order chi connectivity index (χ0) is 22.2. The van der Waals surface area contributed by atoms with Crippen molar-refractivity contribution in [1.82, 2.24) is 5.32 Å². The number of anilines is 2. The molecule has 1 atom stereocenters. The summed E-state index contributed by atoms with van der Waals surface area (Å²) in [4.78, 5) is 28.0. The van der Waals surface area contributed by atoms with Crippen LogP contribution >= 0.6 is 0 Å². The summed E-state index contributed by atoms with van der Waals surface area (Å²) in [5, 5.41) is 5.78. The second kappa shape index (κ2) is 10.8. The first-order valence-electron chi connectivity index (χ1n) is 10.8. The van der Waals surface area contributed by atoms with E-state index < -0.39 is 6.04 Å². The molecule has 1 fully saturated rings. The van der Waals surface area contributed by atoms with E-state index in [1.807, 2.05) is 51.1 Å². The summed E-state index contributed by atoms with van der Waals surface area (Å²) in [5.41, 5.74) is 2.21. The highest BCUT2D eigenvalue weighted by Crippen LogP contribution is 2.21. The maximum absolute atomic E-state index is 12.9. The molecule has 2 amide bonds. The minimum absolute atomic E-state index is 0.0872. The lowest BCUT2D eigenvalue weighted by Gasteiger charge is -2.29. The second-order valence-corrected chi connectivity index (χ2v) is 7.76. The van der Waals surface area contributed by atoms with Crippen LogP contribution in [0.25, 0.3) is 0 Å². The van der Waals surface area contributed by atoms with E-state index in [-0.39, 0.29) is 17.7 Å². The summed E-state index contributed by atoms with van der Waals surface area (Å²) < 4.78 is 10.9. The maximum Gasteiger partial charge on any atom is 0.255 e. The predicted octanol–water partition coefficient (Wildman–Crippen LogP) is 3.32. The fourth-order valence-corrected chi connectivity index (χ4v) is 3.49. The molecule has 31 heavy (non-hydrogen) atoms. The molecule has 2 aromatic rings. The zero-order valence-electron chi connectivity index (χ0n) is 18.4. The van der Waals surface area contributed by atoms with Gasteiger partial charge < -0.3 is 25.0 Å². The van der Waals surface area contributed by atoms with Crippen LogP contribution in [0.5, 0.6) is 5.75 Å². The van der Waals surface area contributed by atoms with Crippen LogP contribution in [0.1, 0.15) is 31.1 Å². The fourth-order valence-electron chi connectivity index (χ4n) is 3.49. The van der Waals surface area contributed by atoms with E-state index >= 15 is 0 Å². The molecular weight excluding hydrogens is 394 g/mol. The van der Waals surface area contributed by atoms with Crippen molar-refractivity contribution in [2.75, 3.05) is 43.1 Å². The number of morpholine rings is 1. The van der Waals surface area contributed by atoms with Gasteiger partial charge in [0.15, 0.2) is 0 Å². The molecule has 2 aromatic carbocycles. The van der Waals surface area contributed by atoms with Crippen LogP contribution < -0.4 is 20.3 Å². The normalized spacial score (nSPS) is 14.8. The Kier molecular flexibility index (Phi) is 7.89. The average molecular weight is 426 g/mol. The lowest BCUT2D eigenvalue weighted by molar-refractivity contribution is -0.118. The van der Waals surface area contributed by atoms with Gasteiger partial charge >= 0.3 is 0 Å². The Labute approximate surface area is 183 Å². The molecule has 1 aliphatic rings. The Morgan fingerprint density at radius 2 is 1.74 bits per heavy atom. The van der Waals surface area contributed by atoms with Gasteiger partial charge in [-0.05, 0) is 49.2 Å². The Balaban J connectivity index is 1.66. The first-order valence-corrected chi connectivity index (χ1v) is 10.8. The molecule has 0 bridgehead atoms. The van der Waals surface area contributed by atoms with Gasteiger partial charge in [0.05, 0.1) is 25.4 Å². The number of para-hydroxylation sites is 1. The number of carbonyl (C=O) groups excluding carboxylic acids is 2. The number of amides is 2. The minimum Gasteiger partial charge on any atom is -0.493 e. The molecule has 7 nitrogen and oxygen atoms in total. The maximum atomic E-state index is 12.9. The van der Waals surface area contributed by atoms with Gasteiger partial charge in [-0.3, -0.25) is 9.59 Å². The van der Waals surface area contributed by atoms with Crippen LogP contribution in [0.4, 0.5) is 11.4 Å². The number of benzene rings is 2. The second-order valence-electron chi connectivity index (χ2n) is 7.76. The van der Waals surface area contributed by atoms with Crippen molar-refractivity contribution < 1.29 is 19.1 Å². The Bertz CT molecular complexity index is 877. The van der Waals surface area contributed by atoms with Gasteiger partial charge in [-0.1, -0.05) is 26.0 Å². The third-order valence-electron chi connectivity index (χ3n) is 5.18. The Morgan fingerprint density at radius 3 is 2.39 bits per heavy atom. The first-order chi connectivity index (χ1) is 15.0. The standard InChI is InChI=1S/C24H31N3O4/c1-4-31-21-8-6-5-7-20(21)23(28)26-22(17(2)3)24(29)25-18-9-11-19(12-10-18)27-13-15-30-16-14-27/h5-12,17,22H,4,13-16H2,1-3H3,(H,25,29)(H,26,28)/t22-/m0/s1. The van der Waals surface area contributed by atoms with Crippen molar-refractivity contribution in [2.45, 2.75) is 26.8 Å². The van der Waals surface area contributed by atoms with E-state index in [9.17, 15) is 9.59 Å². The summed E-state index contributed by atoms with van der Waals surface area (Å²) in [7, 11) is 0. The lowest BCUT2D eigenvalue weighted by atomic mass is 10.0. The van der Waals surface area contributed by atoms with Gasteiger partial charge in [-0.15, -0.1) is 0 Å². The number of ether oxygens (including phenoxy) is 2. The van der Waals surface area contributed by atoms with E-state index in [2.05, 4.69) is 15.5 Å². The first kappa shape index (κ1) is 22.6. The molecule has 0 spiro atoms. The van der Waals surface area contributed by atoms with Crippen molar-refractivity contribution >= 4 is 23.2 Å². The number of hydrogen-bond acceptors (Lipinski definition) is 5. The van der Waals surface area contributed by atoms with Crippen molar-refractivity contribution in [1.29, 1.82) is 0 Å². The van der Waals surface area contributed by atoms with Crippen molar-refractivity contribution in [3.63, 3.8) is 0 Å². The molecule has 1 aliphatic heterocycles. The monoisotopic (exact) mass is 425 g/mol. The molecule has 2 N–H and O–H groups in total. The highest BCUT2D eigenvalue weighted by molar-refractivity contribution is 6.02. The van der Waals surface area contributed by atoms with E-state index in [4.69, 9.17) is 9.47 Å². The summed E-state index contributed by atoms with van der Waals surface area (Å²) >= 11 is 0. The molecule has 0 radical (unpaired) electrons. The Hall–Kier alpha value is -3.06. The molecule has 1 heterocycles. The molecule has 0 aromatic heterocycles. The third kappa shape index (κ3) is 5.98. The van der Waals surface area contributed by atoms with Gasteiger partial charge in [0, 0.05) is 24.5 Å². The number of rotatable bonds is 8. The summed E-state index contributed by atoms with van der Waals surface area (Å²) in [6, 6.07) is 14.1. The summed E-state index contributed by atoms with van der Waals surface area (Å²) in [6.45, 7) is 9.29. The predicted molar refractivity (Wildman–Crippen MR) is 122 cm³/mol. The lowest BCUT2D eigenvalue weighted by Crippen LogP contribution is -2.47. The summed E-state index contributed by atoms with van der Waals surface area (Å²) in [5.74, 6) is -0.170. The van der Waals surface area contributed by atoms with Crippen LogP contribution in [-0.2, 0) is 9.53 Å². The topological polar surface area (TPSA) is 79.9 Å². The molecule has 1 saturated heterocycles. The Morgan fingerprint density at radius 1 is 1.06 bits per heavy atom. The third-order valence-corrected chi connectivity index (χ3v) is 5.18. The average Bonchev–Trinajstić information content (AvgIpc) is 2.78. The number of hydrogen-bond donors (Lipinski definition) is 2. The number of nitrogens with zero attached hydrogens (tertiary/aromatic N) is 1. The number of carbonyl (C=O) groups is 2. The minimum atomic E-state index is -0.680. The van der Waals surface area contributed by atoms with Gasteiger partial charge in [0.25, 0.3) is 5.91 Å². The van der Waals surface area contributed by atoms with Crippen LogP contribution in [0.2, 0.25) is 0 Å². The van der Waals surface area contributed by atoms with Crippen molar-refractivity contribution in [3.8, 4) is 5.75 Å². The highest BCUT2D eigenvalue weighted by atomic mass is 16.5. The molecule has 7 heteroatoms. The smallest absolute Gasteiger partial charge is 0.255 e. The fraction of sp³-hybridized carbons (Fsp3) is 0.417. The molecule has 166 valence electrons. The highest BCUT2D eigenvalue weighted by Gasteiger charge is 2.26. The zero-order valence-corrected chi connectivity index (χ0v) is 18.4. The molecular formula is C24H31N3O4. The van der Waals surface area contributed by atoms with E-state index in [1.54, 1.807) is 18.2 Å². The van der Waals surface area contributed by atoms with Gasteiger partial charge in [-0.25, -0.2) is 0 Å². The van der Waals surface area contributed by atoms with Crippen LogP contribution in [0.15, 0.2) is 48.5 Å². The molecule has 0 aliphatic carbocycles. The van der Waals surface area contributed by atoms with Gasteiger partial charge in [0.1, 0.15) is 11.8 Å². The molecule has 3 rings (SSSR count). The molecule has 0 unspecified atom stereocenters. The van der Waals surface area contributed by atoms with Crippen molar-refractivity contribution in [2.24, 2.45) is 5.92 Å². The van der Waals surface area contributed by atoms with Gasteiger partial charge in [0.2, 0.25) is 5.91 Å². The summed E-state index contributed by atoms with van der Waals surface area (Å²) in [6.07, 6.45) is 0. The van der Waals surface area contributed by atoms with E-state index in [1.165, 1.54) is 0 Å². The quantitative estimate of drug-likeness (QED) is 0.678. The van der Waals surface area contributed by atoms with E-state index in [0.29, 0.717) is 23.6 Å². The van der Waals surface area contributed by atoms with E-state index in [0.717, 1.165) is 32.0 Å². The van der Waals surface area contributed by atoms with Crippen molar-refractivity contribution in [3.05, 3.63) is 54.1 Å². The largest absolute Gasteiger partial charge is 0.493 e. The SMILES string of the molecule is CCOc1ccccc1C(=O)N[C@H](C(=O)Nc1ccc(N2CCOCC2)cc1)C(C)C. The van der Waals surface area contributed by atoms with Crippen LogP contribution in [0.3, 0.4) is 0 Å². The van der Waals surface area contributed by atoms with Crippen LogP contribution in [0, 0.1) is 5.92 Å². The number of nitrogens with one attached hydrogen (secondary N) is 2. The van der Waals surface area contributed by atoms with Gasteiger partial charge in [-0.2, -0.15) is 0 Å². The van der Waals surface area contributed by atoms with Crippen LogP contribution in [-0.4, -0.2) is 50.8 Å².